The Morgan fingerprint density at radius 3 is 2.65 bits per heavy atom. The third-order valence-electron chi connectivity index (χ3n) is 3.08. The van der Waals surface area contributed by atoms with Crippen LogP contribution in [0.4, 0.5) is 0 Å². The number of methoxy groups -OCH3 is 1. The Bertz CT molecular complexity index is 529. The Labute approximate surface area is 126 Å². The molecule has 0 bridgehead atoms. The van der Waals surface area contributed by atoms with E-state index in [2.05, 4.69) is 26.6 Å². The Morgan fingerprint density at radius 2 is 2.10 bits per heavy atom. The van der Waals surface area contributed by atoms with Gasteiger partial charge < -0.3 is 15.4 Å². The van der Waals surface area contributed by atoms with Crippen LogP contribution in [-0.4, -0.2) is 31.0 Å². The molecule has 2 amide bonds. The van der Waals surface area contributed by atoms with E-state index in [1.165, 1.54) is 0 Å². The van der Waals surface area contributed by atoms with Crippen molar-refractivity contribution in [1.29, 1.82) is 0 Å². The quantitative estimate of drug-likeness (QED) is 0.859. The third kappa shape index (κ3) is 3.72. The summed E-state index contributed by atoms with van der Waals surface area (Å²) < 4.78 is 5.80. The summed E-state index contributed by atoms with van der Waals surface area (Å²) in [5.41, 5.74) is 0.476. The van der Waals surface area contributed by atoms with E-state index in [1.807, 2.05) is 0 Å². The van der Waals surface area contributed by atoms with Gasteiger partial charge in [-0.3, -0.25) is 9.59 Å². The summed E-state index contributed by atoms with van der Waals surface area (Å²) in [6, 6.07) is 4.76. The number of nitrogens with one attached hydrogen (secondary N) is 2. The molecule has 0 spiro atoms. The molecule has 1 aromatic carbocycles. The van der Waals surface area contributed by atoms with Gasteiger partial charge in [-0.1, -0.05) is 0 Å². The number of amides is 2. The second-order valence-electron chi connectivity index (χ2n) is 4.83. The number of benzene rings is 1. The predicted molar refractivity (Wildman–Crippen MR) is 78.8 cm³/mol. The fraction of sp³-hybridized carbons (Fsp3) is 0.429. The van der Waals surface area contributed by atoms with E-state index >= 15 is 0 Å². The SMILES string of the molecule is COc1ccc(C(=O)NC(C)C(=O)NC2CC2)cc1Br. The largest absolute Gasteiger partial charge is 0.496 e. The average Bonchev–Trinajstić information content (AvgIpc) is 3.22. The minimum Gasteiger partial charge on any atom is -0.496 e. The zero-order valence-corrected chi connectivity index (χ0v) is 13.0. The number of carbonyl (C=O) groups excluding carboxylic acids is 2. The number of rotatable bonds is 5. The van der Waals surface area contributed by atoms with Crippen molar-refractivity contribution in [2.75, 3.05) is 7.11 Å². The molecule has 1 aliphatic carbocycles. The van der Waals surface area contributed by atoms with Gasteiger partial charge in [0.05, 0.1) is 11.6 Å². The van der Waals surface area contributed by atoms with Crippen LogP contribution in [0.25, 0.3) is 0 Å². The molecule has 1 unspecified atom stereocenters. The highest BCUT2D eigenvalue weighted by Crippen LogP contribution is 2.25. The van der Waals surface area contributed by atoms with Crippen molar-refractivity contribution in [2.24, 2.45) is 0 Å². The predicted octanol–water partition coefficient (Wildman–Crippen LogP) is 1.85. The smallest absolute Gasteiger partial charge is 0.251 e. The Morgan fingerprint density at radius 1 is 1.40 bits per heavy atom. The van der Waals surface area contributed by atoms with Gasteiger partial charge in [-0.25, -0.2) is 0 Å². The molecule has 2 N–H and O–H groups in total. The molecule has 1 saturated carbocycles. The first-order chi connectivity index (χ1) is 9.51. The van der Waals surface area contributed by atoms with Crippen LogP contribution in [0.2, 0.25) is 0 Å². The lowest BCUT2D eigenvalue weighted by atomic mass is 10.2. The number of carbonyl (C=O) groups is 2. The van der Waals surface area contributed by atoms with Gasteiger partial charge in [0.1, 0.15) is 11.8 Å². The summed E-state index contributed by atoms with van der Waals surface area (Å²) in [5.74, 6) is 0.223. The first-order valence-electron chi connectivity index (χ1n) is 6.46. The molecule has 1 aromatic rings. The van der Waals surface area contributed by atoms with Gasteiger partial charge in [0.15, 0.2) is 0 Å². The highest BCUT2D eigenvalue weighted by molar-refractivity contribution is 9.10. The van der Waals surface area contributed by atoms with E-state index in [1.54, 1.807) is 32.2 Å². The molecule has 2 rings (SSSR count). The highest BCUT2D eigenvalue weighted by Gasteiger charge is 2.26. The van der Waals surface area contributed by atoms with E-state index in [0.717, 1.165) is 12.8 Å². The van der Waals surface area contributed by atoms with Crippen molar-refractivity contribution in [1.82, 2.24) is 10.6 Å². The minimum atomic E-state index is -0.552. The Balaban J connectivity index is 1.96. The molecule has 108 valence electrons. The van der Waals surface area contributed by atoms with Gasteiger partial charge in [0.25, 0.3) is 5.91 Å². The molecular weight excluding hydrogens is 324 g/mol. The van der Waals surface area contributed by atoms with Crippen LogP contribution in [0.3, 0.4) is 0 Å². The molecule has 0 aliphatic heterocycles. The number of hydrogen-bond acceptors (Lipinski definition) is 3. The first-order valence-corrected chi connectivity index (χ1v) is 7.25. The zero-order valence-electron chi connectivity index (χ0n) is 11.4. The molecule has 5 nitrogen and oxygen atoms in total. The molecule has 1 fully saturated rings. The number of halogens is 1. The lowest BCUT2D eigenvalue weighted by Crippen LogP contribution is -2.45. The van der Waals surface area contributed by atoms with Crippen LogP contribution >= 0.6 is 15.9 Å². The van der Waals surface area contributed by atoms with Gasteiger partial charge in [0.2, 0.25) is 5.91 Å². The fourth-order valence-corrected chi connectivity index (χ4v) is 2.25. The van der Waals surface area contributed by atoms with E-state index < -0.39 is 6.04 Å². The highest BCUT2D eigenvalue weighted by atomic mass is 79.9. The number of ether oxygens (including phenoxy) is 1. The second-order valence-corrected chi connectivity index (χ2v) is 5.68. The Hall–Kier alpha value is -1.56. The van der Waals surface area contributed by atoms with Gasteiger partial charge in [-0.05, 0) is 53.9 Å². The van der Waals surface area contributed by atoms with Crippen LogP contribution in [0.1, 0.15) is 30.1 Å². The summed E-state index contributed by atoms with van der Waals surface area (Å²) >= 11 is 3.33. The molecular formula is C14H17BrN2O3. The summed E-state index contributed by atoms with van der Waals surface area (Å²) in [5, 5.41) is 5.54. The van der Waals surface area contributed by atoms with Crippen molar-refractivity contribution in [3.05, 3.63) is 28.2 Å². The molecule has 0 heterocycles. The van der Waals surface area contributed by atoms with Crippen LogP contribution < -0.4 is 15.4 Å². The summed E-state index contributed by atoms with van der Waals surface area (Å²) in [4.78, 5) is 23.8. The van der Waals surface area contributed by atoms with E-state index in [0.29, 0.717) is 15.8 Å². The topological polar surface area (TPSA) is 67.4 Å². The molecule has 1 atom stereocenters. The van der Waals surface area contributed by atoms with Crippen molar-refractivity contribution >= 4 is 27.7 Å². The maximum Gasteiger partial charge on any atom is 0.251 e. The van der Waals surface area contributed by atoms with Gasteiger partial charge in [-0.15, -0.1) is 0 Å². The molecule has 1 aliphatic rings. The molecule has 20 heavy (non-hydrogen) atoms. The summed E-state index contributed by atoms with van der Waals surface area (Å²) in [6.45, 7) is 1.67. The van der Waals surface area contributed by atoms with Crippen LogP contribution in [0.5, 0.6) is 5.75 Å². The average molecular weight is 341 g/mol. The maximum atomic E-state index is 12.1. The normalized spacial score (nSPS) is 15.3. The van der Waals surface area contributed by atoms with Gasteiger partial charge in [-0.2, -0.15) is 0 Å². The van der Waals surface area contributed by atoms with Crippen molar-refractivity contribution in [2.45, 2.75) is 31.8 Å². The lowest BCUT2D eigenvalue weighted by molar-refractivity contribution is -0.122. The molecule has 0 saturated heterocycles. The number of hydrogen-bond donors (Lipinski definition) is 2. The molecule has 0 radical (unpaired) electrons. The van der Waals surface area contributed by atoms with Crippen molar-refractivity contribution < 1.29 is 14.3 Å². The third-order valence-corrected chi connectivity index (χ3v) is 3.70. The maximum absolute atomic E-state index is 12.1. The Kier molecular flexibility index (Phi) is 4.65. The summed E-state index contributed by atoms with van der Waals surface area (Å²) in [6.07, 6.45) is 2.05. The van der Waals surface area contributed by atoms with E-state index in [-0.39, 0.29) is 17.9 Å². The standard InChI is InChI=1S/C14H17BrN2O3/c1-8(13(18)17-10-4-5-10)16-14(19)9-3-6-12(20-2)11(15)7-9/h3,6-8,10H,4-5H2,1-2H3,(H,16,19)(H,17,18). The van der Waals surface area contributed by atoms with E-state index in [4.69, 9.17) is 4.74 Å². The monoisotopic (exact) mass is 340 g/mol. The van der Waals surface area contributed by atoms with Gasteiger partial charge >= 0.3 is 0 Å². The van der Waals surface area contributed by atoms with Crippen LogP contribution in [0, 0.1) is 0 Å². The summed E-state index contributed by atoms with van der Waals surface area (Å²) in [7, 11) is 1.56. The fourth-order valence-electron chi connectivity index (χ4n) is 1.71. The van der Waals surface area contributed by atoms with Gasteiger partial charge in [0, 0.05) is 11.6 Å². The van der Waals surface area contributed by atoms with Crippen LogP contribution in [-0.2, 0) is 4.79 Å². The minimum absolute atomic E-state index is 0.145. The van der Waals surface area contributed by atoms with Crippen molar-refractivity contribution in [3.8, 4) is 5.75 Å². The molecule has 0 aromatic heterocycles. The lowest BCUT2D eigenvalue weighted by Gasteiger charge is -2.14. The van der Waals surface area contributed by atoms with Crippen molar-refractivity contribution in [3.63, 3.8) is 0 Å². The zero-order chi connectivity index (χ0) is 14.7. The second kappa shape index (κ2) is 6.26. The first kappa shape index (κ1) is 14.8. The van der Waals surface area contributed by atoms with Crippen LogP contribution in [0.15, 0.2) is 22.7 Å². The van der Waals surface area contributed by atoms with E-state index in [9.17, 15) is 9.59 Å². The molecule has 6 heteroatoms.